The van der Waals surface area contributed by atoms with E-state index >= 15 is 0 Å². The molecule has 0 heterocycles. The molecule has 0 aliphatic heterocycles. The van der Waals surface area contributed by atoms with Crippen LogP contribution in [-0.2, 0) is 19.6 Å². The maximum absolute atomic E-state index is 13.4. The van der Waals surface area contributed by atoms with Crippen molar-refractivity contribution in [2.24, 2.45) is 0 Å². The van der Waals surface area contributed by atoms with Gasteiger partial charge < -0.3 is 4.74 Å². The molecule has 0 spiro atoms. The Kier molecular flexibility index (Phi) is 5.24. The molecule has 106 valence electrons. The molecule has 1 aromatic rings. The van der Waals surface area contributed by atoms with Crippen LogP contribution >= 0.6 is 15.9 Å². The maximum atomic E-state index is 13.4. The van der Waals surface area contributed by atoms with Crippen molar-refractivity contribution in [1.29, 1.82) is 0 Å². The first-order chi connectivity index (χ1) is 8.75. The average molecular weight is 358 g/mol. The van der Waals surface area contributed by atoms with Crippen LogP contribution in [0.2, 0.25) is 0 Å². The molecule has 0 saturated carbocycles. The minimum absolute atomic E-state index is 0.139. The highest BCUT2D eigenvalue weighted by molar-refractivity contribution is 9.10. The Bertz CT molecular complexity index is 568. The molecule has 1 rings (SSSR count). The smallest absolute Gasteiger partial charge is 0.306 e. The molecule has 0 aromatic heterocycles. The summed E-state index contributed by atoms with van der Waals surface area (Å²) in [6, 6.07) is 1.84. The quantitative estimate of drug-likeness (QED) is 0.818. The first kappa shape index (κ1) is 15.8. The third-order valence-corrected chi connectivity index (χ3v) is 3.78. The standard InChI is InChI=1S/C10H10BrF2NO4S/c1-18-9(15)2-3-19(16,17)14-10-7(12)4-6(11)5-8(10)13/h4-5,14H,2-3H2,1H3. The minimum Gasteiger partial charge on any atom is -0.469 e. The van der Waals surface area contributed by atoms with Gasteiger partial charge in [0.2, 0.25) is 10.0 Å². The Hall–Kier alpha value is -1.22. The number of sulfonamides is 1. The monoisotopic (exact) mass is 357 g/mol. The van der Waals surface area contributed by atoms with Crippen LogP contribution in [0.25, 0.3) is 0 Å². The van der Waals surface area contributed by atoms with Crippen molar-refractivity contribution in [1.82, 2.24) is 0 Å². The number of methoxy groups -OCH3 is 1. The maximum Gasteiger partial charge on any atom is 0.306 e. The number of rotatable bonds is 5. The number of nitrogens with one attached hydrogen (secondary N) is 1. The highest BCUT2D eigenvalue weighted by Crippen LogP contribution is 2.24. The summed E-state index contributed by atoms with van der Waals surface area (Å²) in [5.74, 6) is -3.49. The van der Waals surface area contributed by atoms with Gasteiger partial charge in [-0.05, 0) is 12.1 Å². The van der Waals surface area contributed by atoms with E-state index in [1.165, 1.54) is 0 Å². The van der Waals surface area contributed by atoms with Gasteiger partial charge in [0.1, 0.15) is 5.69 Å². The fraction of sp³-hybridized carbons (Fsp3) is 0.300. The zero-order valence-electron chi connectivity index (χ0n) is 9.74. The third kappa shape index (κ3) is 4.75. The largest absolute Gasteiger partial charge is 0.469 e. The number of halogens is 3. The van der Waals surface area contributed by atoms with E-state index in [4.69, 9.17) is 0 Å². The van der Waals surface area contributed by atoms with Gasteiger partial charge in [-0.2, -0.15) is 0 Å². The Morgan fingerprint density at radius 3 is 2.37 bits per heavy atom. The third-order valence-electron chi connectivity index (χ3n) is 2.07. The molecule has 9 heteroatoms. The number of benzene rings is 1. The second-order valence-electron chi connectivity index (χ2n) is 3.49. The second-order valence-corrected chi connectivity index (χ2v) is 6.25. The molecule has 0 fully saturated rings. The molecule has 0 aliphatic rings. The van der Waals surface area contributed by atoms with Crippen molar-refractivity contribution < 1.29 is 26.7 Å². The molecule has 0 atom stereocenters. The summed E-state index contributed by atoms with van der Waals surface area (Å²) in [7, 11) is -2.94. The minimum atomic E-state index is -4.04. The Morgan fingerprint density at radius 2 is 1.89 bits per heavy atom. The van der Waals surface area contributed by atoms with E-state index in [-0.39, 0.29) is 4.47 Å². The average Bonchev–Trinajstić information content (AvgIpc) is 2.31. The fourth-order valence-electron chi connectivity index (χ4n) is 1.17. The van der Waals surface area contributed by atoms with Crippen molar-refractivity contribution in [3.05, 3.63) is 28.2 Å². The van der Waals surface area contributed by atoms with E-state index in [9.17, 15) is 22.0 Å². The molecule has 1 aromatic carbocycles. The molecular formula is C10H10BrF2NO4S. The van der Waals surface area contributed by atoms with Crippen molar-refractivity contribution in [3.8, 4) is 0 Å². The molecule has 0 saturated heterocycles. The number of anilines is 1. The van der Waals surface area contributed by atoms with Crippen LogP contribution in [0.4, 0.5) is 14.5 Å². The van der Waals surface area contributed by atoms with Gasteiger partial charge in [0, 0.05) is 4.47 Å². The highest BCUT2D eigenvalue weighted by Gasteiger charge is 2.19. The SMILES string of the molecule is COC(=O)CCS(=O)(=O)Nc1c(F)cc(Br)cc1F. The van der Waals surface area contributed by atoms with E-state index in [1.54, 1.807) is 4.72 Å². The lowest BCUT2D eigenvalue weighted by atomic mass is 10.3. The number of esters is 1. The van der Waals surface area contributed by atoms with Crippen LogP contribution in [0.15, 0.2) is 16.6 Å². The summed E-state index contributed by atoms with van der Waals surface area (Å²) < 4.78 is 56.1. The molecule has 0 amide bonds. The van der Waals surface area contributed by atoms with Gasteiger partial charge in [-0.25, -0.2) is 17.2 Å². The molecule has 0 bridgehead atoms. The van der Waals surface area contributed by atoms with Crippen molar-refractivity contribution in [3.63, 3.8) is 0 Å². The summed E-state index contributed by atoms with van der Waals surface area (Å²) in [4.78, 5) is 10.8. The lowest BCUT2D eigenvalue weighted by molar-refractivity contribution is -0.140. The van der Waals surface area contributed by atoms with Gasteiger partial charge in [-0.1, -0.05) is 15.9 Å². The molecule has 19 heavy (non-hydrogen) atoms. The van der Waals surface area contributed by atoms with E-state index in [2.05, 4.69) is 20.7 Å². The molecule has 1 N–H and O–H groups in total. The van der Waals surface area contributed by atoms with Crippen molar-refractivity contribution in [2.75, 3.05) is 17.6 Å². The first-order valence-corrected chi connectivity index (χ1v) is 7.41. The summed E-state index contributed by atoms with van der Waals surface area (Å²) in [6.07, 6.45) is -0.411. The fourth-order valence-corrected chi connectivity index (χ4v) is 2.61. The number of hydrogen-bond donors (Lipinski definition) is 1. The zero-order chi connectivity index (χ0) is 14.6. The van der Waals surface area contributed by atoms with Crippen LogP contribution < -0.4 is 4.72 Å². The predicted molar refractivity (Wildman–Crippen MR) is 68.1 cm³/mol. The van der Waals surface area contributed by atoms with Crippen LogP contribution in [0.1, 0.15) is 6.42 Å². The Morgan fingerprint density at radius 1 is 1.37 bits per heavy atom. The number of carbonyl (C=O) groups is 1. The van der Waals surface area contributed by atoms with Crippen molar-refractivity contribution >= 4 is 37.6 Å². The predicted octanol–water partition coefficient (Wildman–Crippen LogP) is 2.03. The molecule has 5 nitrogen and oxygen atoms in total. The van der Waals surface area contributed by atoms with Crippen LogP contribution in [0.5, 0.6) is 0 Å². The van der Waals surface area contributed by atoms with Crippen molar-refractivity contribution in [2.45, 2.75) is 6.42 Å². The molecule has 0 unspecified atom stereocenters. The van der Waals surface area contributed by atoms with Gasteiger partial charge in [-0.3, -0.25) is 9.52 Å². The first-order valence-electron chi connectivity index (χ1n) is 4.97. The van der Waals surface area contributed by atoms with Gasteiger partial charge >= 0.3 is 5.97 Å². The van der Waals surface area contributed by atoms with Crippen LogP contribution in [0, 0.1) is 11.6 Å². The number of hydrogen-bond acceptors (Lipinski definition) is 4. The molecule has 0 aliphatic carbocycles. The molecule has 0 radical (unpaired) electrons. The van der Waals surface area contributed by atoms with Gasteiger partial charge in [0.05, 0.1) is 19.3 Å². The normalized spacial score (nSPS) is 11.2. The number of carbonyl (C=O) groups excluding carboxylic acids is 1. The lowest BCUT2D eigenvalue weighted by Crippen LogP contribution is -2.20. The van der Waals surface area contributed by atoms with E-state index in [0.717, 1.165) is 19.2 Å². The van der Waals surface area contributed by atoms with Crippen LogP contribution in [-0.4, -0.2) is 27.2 Å². The zero-order valence-corrected chi connectivity index (χ0v) is 12.1. The van der Waals surface area contributed by atoms with Gasteiger partial charge in [0.25, 0.3) is 0 Å². The lowest BCUT2D eigenvalue weighted by Gasteiger charge is -2.09. The Balaban J connectivity index is 2.87. The topological polar surface area (TPSA) is 72.5 Å². The summed E-state index contributed by atoms with van der Waals surface area (Å²) in [5, 5.41) is 0. The highest BCUT2D eigenvalue weighted by atomic mass is 79.9. The van der Waals surface area contributed by atoms with E-state index in [0.29, 0.717) is 0 Å². The van der Waals surface area contributed by atoms with E-state index in [1.807, 2.05) is 0 Å². The summed E-state index contributed by atoms with van der Waals surface area (Å²) in [6.45, 7) is 0. The van der Waals surface area contributed by atoms with Gasteiger partial charge in [-0.15, -0.1) is 0 Å². The summed E-state index contributed by atoms with van der Waals surface area (Å²) in [5.41, 5.74) is -0.784. The second kappa shape index (κ2) is 6.29. The van der Waals surface area contributed by atoms with E-state index < -0.39 is 45.5 Å². The number of ether oxygens (including phenoxy) is 1. The van der Waals surface area contributed by atoms with Gasteiger partial charge in [0.15, 0.2) is 11.6 Å². The summed E-state index contributed by atoms with van der Waals surface area (Å²) >= 11 is 2.87. The molecular weight excluding hydrogens is 348 g/mol. The Labute approximate surface area is 117 Å². The van der Waals surface area contributed by atoms with Crippen LogP contribution in [0.3, 0.4) is 0 Å².